The van der Waals surface area contributed by atoms with E-state index < -0.39 is 15.6 Å². The molecular weight excluding hydrogens is 349 g/mol. The van der Waals surface area contributed by atoms with E-state index in [0.29, 0.717) is 0 Å². The molecule has 0 aromatic heterocycles. The van der Waals surface area contributed by atoms with Crippen molar-refractivity contribution in [2.75, 3.05) is 26.3 Å². The van der Waals surface area contributed by atoms with Gasteiger partial charge in [0.2, 0.25) is 5.91 Å². The van der Waals surface area contributed by atoms with Crippen LogP contribution >= 0.6 is 0 Å². The van der Waals surface area contributed by atoms with E-state index in [1.807, 2.05) is 0 Å². The van der Waals surface area contributed by atoms with E-state index in [-0.39, 0.29) is 5.91 Å². The Bertz CT molecular complexity index is 462. The summed E-state index contributed by atoms with van der Waals surface area (Å²) in [5, 5.41) is 2.94. The molecule has 0 aromatic rings. The van der Waals surface area contributed by atoms with Gasteiger partial charge in [0.05, 0.1) is 19.6 Å². The van der Waals surface area contributed by atoms with E-state index in [0.717, 1.165) is 50.0 Å². The molecule has 0 radical (unpaired) electrons. The van der Waals surface area contributed by atoms with Crippen LogP contribution in [0.5, 0.6) is 0 Å². The molecule has 0 unspecified atom stereocenters. The number of hydrogen-bond donors (Lipinski definition) is 1. The summed E-state index contributed by atoms with van der Waals surface area (Å²) in [6.45, 7) is 14.2. The maximum Gasteiger partial charge on any atom is 0.485 e. The summed E-state index contributed by atoms with van der Waals surface area (Å²) in [7, 11) is -6.09. The van der Waals surface area contributed by atoms with Crippen molar-refractivity contribution in [3.05, 3.63) is 12.7 Å². The highest BCUT2D eigenvalue weighted by molar-refractivity contribution is 7.86. The van der Waals surface area contributed by atoms with Crippen LogP contribution in [-0.4, -0.2) is 55.2 Å². The minimum absolute atomic E-state index is 0.0641. The van der Waals surface area contributed by atoms with Crippen molar-refractivity contribution in [3.8, 4) is 0 Å². The quantitative estimate of drug-likeness (QED) is 0.220. The number of nitrogens with zero attached hydrogens (tertiary/aromatic N) is 1. The van der Waals surface area contributed by atoms with Crippen LogP contribution in [0.2, 0.25) is 0 Å². The molecule has 10 heteroatoms. The van der Waals surface area contributed by atoms with Crippen LogP contribution in [0.1, 0.15) is 40.0 Å². The predicted molar refractivity (Wildman–Crippen MR) is 84.7 cm³/mol. The first-order valence-corrected chi connectivity index (χ1v) is 9.07. The summed E-state index contributed by atoms with van der Waals surface area (Å²) in [4.78, 5) is 11.2. The van der Waals surface area contributed by atoms with Crippen LogP contribution in [0.15, 0.2) is 12.7 Å². The summed E-state index contributed by atoms with van der Waals surface area (Å²) >= 11 is 0. The molecular formula is C14H27F3N2O4S. The van der Waals surface area contributed by atoms with Crippen LogP contribution in [0.4, 0.5) is 13.2 Å². The third-order valence-electron chi connectivity index (χ3n) is 3.15. The predicted octanol–water partition coefficient (Wildman–Crippen LogP) is 2.34. The SMILES string of the molecule is C=CC(=O)NC[N+](CCC)(CCC)CCC.O=S(=O)([O-])C(F)(F)F. The van der Waals surface area contributed by atoms with Crippen LogP contribution in [-0.2, 0) is 14.9 Å². The van der Waals surface area contributed by atoms with E-state index in [9.17, 15) is 18.0 Å². The number of quaternary nitrogens is 1. The number of carbonyl (C=O) groups excluding carboxylic acids is 1. The molecule has 0 saturated carbocycles. The van der Waals surface area contributed by atoms with Gasteiger partial charge in [0.15, 0.2) is 16.8 Å². The second-order valence-electron chi connectivity index (χ2n) is 5.32. The van der Waals surface area contributed by atoms with Gasteiger partial charge in [-0.2, -0.15) is 13.2 Å². The lowest BCUT2D eigenvalue weighted by molar-refractivity contribution is -0.930. The van der Waals surface area contributed by atoms with E-state index in [4.69, 9.17) is 13.0 Å². The van der Waals surface area contributed by atoms with Crippen LogP contribution < -0.4 is 5.32 Å². The third kappa shape index (κ3) is 10.6. The Morgan fingerprint density at radius 3 is 1.67 bits per heavy atom. The topological polar surface area (TPSA) is 86.3 Å². The molecule has 0 aliphatic rings. The van der Waals surface area contributed by atoms with Gasteiger partial charge in [0, 0.05) is 0 Å². The molecule has 6 nitrogen and oxygen atoms in total. The largest absolute Gasteiger partial charge is 0.741 e. The van der Waals surface area contributed by atoms with Gasteiger partial charge in [-0.25, -0.2) is 8.42 Å². The lowest BCUT2D eigenvalue weighted by Crippen LogP contribution is -2.55. The zero-order chi connectivity index (χ0) is 19.4. The maximum absolute atomic E-state index is 11.2. The fourth-order valence-corrected chi connectivity index (χ4v) is 2.31. The minimum atomic E-state index is -6.09. The second kappa shape index (κ2) is 11.4. The summed E-state index contributed by atoms with van der Waals surface area (Å²) in [6, 6.07) is 0. The van der Waals surface area contributed by atoms with Crippen LogP contribution in [0.25, 0.3) is 0 Å². The Morgan fingerprint density at radius 2 is 1.46 bits per heavy atom. The maximum atomic E-state index is 11.2. The molecule has 0 aromatic carbocycles. The van der Waals surface area contributed by atoms with Gasteiger partial charge in [-0.05, 0) is 25.3 Å². The molecule has 24 heavy (non-hydrogen) atoms. The zero-order valence-electron chi connectivity index (χ0n) is 14.4. The standard InChI is InChI=1S/C13H26N2O.CHF3O3S/c1-5-9-15(10-6-2,11-7-3)12-14-13(16)8-4;2-1(3,4)8(5,6)7/h8H,4-7,9-12H2,1-3H3;(H,5,6,7). The third-order valence-corrected chi connectivity index (χ3v) is 3.72. The van der Waals surface area contributed by atoms with Crippen molar-refractivity contribution in [1.82, 2.24) is 5.32 Å². The Labute approximate surface area is 142 Å². The first kappa shape index (κ1) is 25.1. The van der Waals surface area contributed by atoms with E-state index >= 15 is 0 Å². The van der Waals surface area contributed by atoms with Gasteiger partial charge < -0.3 is 14.4 Å². The number of rotatable bonds is 9. The molecule has 1 N–H and O–H groups in total. The van der Waals surface area contributed by atoms with Crippen LogP contribution in [0, 0.1) is 0 Å². The van der Waals surface area contributed by atoms with Crippen molar-refractivity contribution in [2.24, 2.45) is 0 Å². The number of alkyl halides is 3. The smallest absolute Gasteiger partial charge is 0.485 e. The van der Waals surface area contributed by atoms with Gasteiger partial charge in [0.25, 0.3) is 0 Å². The van der Waals surface area contributed by atoms with Gasteiger partial charge in [0.1, 0.15) is 0 Å². The lowest BCUT2D eigenvalue weighted by Gasteiger charge is -2.38. The molecule has 0 spiro atoms. The molecule has 0 saturated heterocycles. The average Bonchev–Trinajstić information content (AvgIpc) is 2.44. The van der Waals surface area contributed by atoms with Gasteiger partial charge in [-0.3, -0.25) is 4.79 Å². The fraction of sp³-hybridized carbons (Fsp3) is 0.786. The number of halogens is 3. The monoisotopic (exact) mass is 376 g/mol. The average molecular weight is 376 g/mol. The number of hydrogen-bond acceptors (Lipinski definition) is 4. The van der Waals surface area contributed by atoms with E-state index in [1.54, 1.807) is 0 Å². The highest BCUT2D eigenvalue weighted by Crippen LogP contribution is 2.20. The Morgan fingerprint density at radius 1 is 1.12 bits per heavy atom. The summed E-state index contributed by atoms with van der Waals surface area (Å²) in [5.74, 6) is -0.0641. The molecule has 0 aliphatic heterocycles. The van der Waals surface area contributed by atoms with E-state index in [2.05, 4.69) is 32.7 Å². The molecule has 0 bridgehead atoms. The van der Waals surface area contributed by atoms with Crippen molar-refractivity contribution >= 4 is 16.0 Å². The Kier molecular flexibility index (Phi) is 12.0. The van der Waals surface area contributed by atoms with Gasteiger partial charge in [-0.15, -0.1) is 0 Å². The molecule has 1 amide bonds. The highest BCUT2D eigenvalue weighted by Gasteiger charge is 2.36. The molecule has 0 rings (SSSR count). The summed E-state index contributed by atoms with van der Waals surface area (Å²) in [5.41, 5.74) is -5.65. The molecule has 0 fully saturated rings. The molecule has 0 aliphatic carbocycles. The van der Waals surface area contributed by atoms with Crippen molar-refractivity contribution in [1.29, 1.82) is 0 Å². The minimum Gasteiger partial charge on any atom is -0.741 e. The first-order valence-electron chi connectivity index (χ1n) is 7.66. The number of nitrogens with one attached hydrogen (secondary N) is 1. The second-order valence-corrected chi connectivity index (χ2v) is 6.69. The Balaban J connectivity index is 0. The van der Waals surface area contributed by atoms with E-state index in [1.165, 1.54) is 6.08 Å². The zero-order valence-corrected chi connectivity index (χ0v) is 15.2. The van der Waals surface area contributed by atoms with Crippen LogP contribution in [0.3, 0.4) is 0 Å². The summed E-state index contributed by atoms with van der Waals surface area (Å²) < 4.78 is 59.9. The molecule has 0 heterocycles. The van der Waals surface area contributed by atoms with Crippen molar-refractivity contribution in [3.63, 3.8) is 0 Å². The molecule has 0 atom stereocenters. The fourth-order valence-electron chi connectivity index (χ4n) is 2.31. The lowest BCUT2D eigenvalue weighted by atomic mass is 10.2. The van der Waals surface area contributed by atoms with Crippen molar-refractivity contribution in [2.45, 2.75) is 45.5 Å². The normalized spacial score (nSPS) is 12.1. The summed E-state index contributed by atoms with van der Waals surface area (Å²) in [6.07, 6.45) is 4.82. The van der Waals surface area contributed by atoms with Gasteiger partial charge >= 0.3 is 5.51 Å². The highest BCUT2D eigenvalue weighted by atomic mass is 32.2. The Hall–Kier alpha value is -1.13. The van der Waals surface area contributed by atoms with Crippen molar-refractivity contribution < 1.29 is 35.4 Å². The number of carbonyl (C=O) groups is 1. The van der Waals surface area contributed by atoms with Gasteiger partial charge in [-0.1, -0.05) is 27.4 Å². The molecule has 144 valence electrons. The first-order chi connectivity index (χ1) is 10.9. The number of amides is 1.